The van der Waals surface area contributed by atoms with Gasteiger partial charge in [0.05, 0.1) is 6.20 Å². The summed E-state index contributed by atoms with van der Waals surface area (Å²) in [5.41, 5.74) is 8.22. The summed E-state index contributed by atoms with van der Waals surface area (Å²) in [7, 11) is 0. The van der Waals surface area contributed by atoms with Gasteiger partial charge in [-0.2, -0.15) is 5.10 Å². The maximum Gasteiger partial charge on any atom is 0.131 e. The zero-order valence-corrected chi connectivity index (χ0v) is 14.0. The van der Waals surface area contributed by atoms with Crippen LogP contribution < -0.4 is 5.73 Å². The van der Waals surface area contributed by atoms with Crippen LogP contribution in [0.4, 0.5) is 5.82 Å². The van der Waals surface area contributed by atoms with Gasteiger partial charge < -0.3 is 10.3 Å². The highest BCUT2D eigenvalue weighted by molar-refractivity contribution is 5.70. The van der Waals surface area contributed by atoms with E-state index in [1.54, 1.807) is 0 Å². The summed E-state index contributed by atoms with van der Waals surface area (Å²) in [6, 6.07) is 0.335. The average Bonchev–Trinajstić information content (AvgIpc) is 2.95. The van der Waals surface area contributed by atoms with Gasteiger partial charge in [-0.15, -0.1) is 0 Å². The lowest BCUT2D eigenvalue weighted by atomic mass is 10.2. The van der Waals surface area contributed by atoms with E-state index in [9.17, 15) is 0 Å². The average molecular weight is 289 g/mol. The van der Waals surface area contributed by atoms with E-state index in [2.05, 4.69) is 51.2 Å². The molecular weight excluding hydrogens is 262 g/mol. The van der Waals surface area contributed by atoms with Crippen LogP contribution in [0.3, 0.4) is 0 Å². The Labute approximate surface area is 127 Å². The Morgan fingerprint density at radius 1 is 1.14 bits per heavy atom. The lowest BCUT2D eigenvalue weighted by Crippen LogP contribution is -2.12. The first kappa shape index (κ1) is 15.6. The zero-order valence-electron chi connectivity index (χ0n) is 14.0. The molecule has 0 saturated heterocycles. The summed E-state index contributed by atoms with van der Waals surface area (Å²) in [4.78, 5) is 4.79. The normalized spacial score (nSPS) is 12.0. The van der Waals surface area contributed by atoms with Gasteiger partial charge in [0.2, 0.25) is 0 Å². The fourth-order valence-electron chi connectivity index (χ4n) is 2.44. The Balaban J connectivity index is 2.48. The quantitative estimate of drug-likeness (QED) is 0.913. The summed E-state index contributed by atoms with van der Waals surface area (Å²) < 4.78 is 4.09. The molecule has 2 aromatic heterocycles. The molecule has 0 amide bonds. The summed E-state index contributed by atoms with van der Waals surface area (Å²) in [5, 5.41) is 4.39. The minimum absolute atomic E-state index is 0.335. The van der Waals surface area contributed by atoms with Gasteiger partial charge in [-0.05, 0) is 19.8 Å². The number of rotatable bonds is 5. The first-order valence-electron chi connectivity index (χ1n) is 7.71. The largest absolute Gasteiger partial charge is 0.383 e. The number of nitrogens with zero attached hydrogens (tertiary/aromatic N) is 4. The van der Waals surface area contributed by atoms with Crippen molar-refractivity contribution in [1.82, 2.24) is 19.3 Å². The van der Waals surface area contributed by atoms with Gasteiger partial charge in [0.25, 0.3) is 0 Å². The van der Waals surface area contributed by atoms with Gasteiger partial charge in [-0.25, -0.2) is 4.98 Å². The smallest absolute Gasteiger partial charge is 0.131 e. The van der Waals surface area contributed by atoms with Crippen LogP contribution in [0.1, 0.15) is 59.3 Å². The van der Waals surface area contributed by atoms with Gasteiger partial charge in [0, 0.05) is 30.3 Å². The summed E-state index contributed by atoms with van der Waals surface area (Å²) in [6.07, 6.45) is 3.87. The molecule has 0 aliphatic rings. The molecule has 0 spiro atoms. The van der Waals surface area contributed by atoms with Crippen molar-refractivity contribution >= 4 is 5.82 Å². The molecule has 2 N–H and O–H groups in total. The second kappa shape index (κ2) is 5.92. The molecular formula is C16H27N5. The fraction of sp³-hybridized carbons (Fsp3) is 0.625. The Morgan fingerprint density at radius 2 is 1.81 bits per heavy atom. The molecule has 0 fully saturated rings. The topological polar surface area (TPSA) is 61.7 Å². The Morgan fingerprint density at radius 3 is 2.29 bits per heavy atom. The highest BCUT2D eigenvalue weighted by Crippen LogP contribution is 2.30. The Kier molecular flexibility index (Phi) is 4.40. The molecule has 2 rings (SSSR count). The zero-order chi connectivity index (χ0) is 15.7. The summed E-state index contributed by atoms with van der Waals surface area (Å²) >= 11 is 0. The van der Waals surface area contributed by atoms with Crippen LogP contribution in [-0.4, -0.2) is 19.3 Å². The molecule has 0 radical (unpaired) electrons. The van der Waals surface area contributed by atoms with Gasteiger partial charge in [0.1, 0.15) is 17.3 Å². The van der Waals surface area contributed by atoms with Gasteiger partial charge in [0.15, 0.2) is 0 Å². The van der Waals surface area contributed by atoms with Crippen LogP contribution in [0.2, 0.25) is 0 Å². The van der Waals surface area contributed by atoms with E-state index in [4.69, 9.17) is 10.7 Å². The fourth-order valence-corrected chi connectivity index (χ4v) is 2.44. The molecule has 5 heteroatoms. The highest BCUT2D eigenvalue weighted by Gasteiger charge is 2.20. The van der Waals surface area contributed by atoms with E-state index < -0.39 is 0 Å². The molecule has 0 saturated carbocycles. The number of nitrogens with two attached hydrogens (primary N) is 1. The third-order valence-electron chi connectivity index (χ3n) is 3.50. The van der Waals surface area contributed by atoms with Crippen LogP contribution in [-0.2, 0) is 6.54 Å². The van der Waals surface area contributed by atoms with Crippen LogP contribution in [0.25, 0.3) is 11.3 Å². The van der Waals surface area contributed by atoms with Gasteiger partial charge in [-0.1, -0.05) is 27.7 Å². The van der Waals surface area contributed by atoms with Crippen LogP contribution in [0.5, 0.6) is 0 Å². The number of hydrogen-bond acceptors (Lipinski definition) is 3. The van der Waals surface area contributed by atoms with Crippen molar-refractivity contribution < 1.29 is 0 Å². The number of anilines is 1. The third kappa shape index (κ3) is 3.12. The van der Waals surface area contributed by atoms with E-state index >= 15 is 0 Å². The van der Waals surface area contributed by atoms with Crippen molar-refractivity contribution in [2.75, 3.05) is 5.73 Å². The SMILES string of the molecule is CC(C)Cn1c(C(C)C)nc(-c2cnn(C(C)C)c2)c1N. The number of hydrogen-bond donors (Lipinski definition) is 1. The minimum Gasteiger partial charge on any atom is -0.383 e. The first-order chi connectivity index (χ1) is 9.81. The molecule has 0 aromatic carbocycles. The third-order valence-corrected chi connectivity index (χ3v) is 3.50. The van der Waals surface area contributed by atoms with Gasteiger partial charge in [-0.3, -0.25) is 4.68 Å². The lowest BCUT2D eigenvalue weighted by molar-refractivity contribution is 0.502. The molecule has 2 aromatic rings. The maximum atomic E-state index is 6.37. The predicted octanol–water partition coefficient (Wildman–Crippen LogP) is 3.69. The number of aromatic nitrogens is 4. The van der Waals surface area contributed by atoms with Crippen molar-refractivity contribution in [1.29, 1.82) is 0 Å². The van der Waals surface area contributed by atoms with Crippen LogP contribution in [0, 0.1) is 5.92 Å². The summed E-state index contributed by atoms with van der Waals surface area (Å²) in [6.45, 7) is 13.8. The van der Waals surface area contributed by atoms with E-state index in [-0.39, 0.29) is 0 Å². The second-order valence-electron chi connectivity index (χ2n) is 6.67. The van der Waals surface area contributed by atoms with E-state index in [1.807, 2.05) is 17.1 Å². The molecule has 116 valence electrons. The highest BCUT2D eigenvalue weighted by atomic mass is 15.3. The van der Waals surface area contributed by atoms with Crippen molar-refractivity contribution in [3.8, 4) is 11.3 Å². The van der Waals surface area contributed by atoms with E-state index in [0.29, 0.717) is 17.9 Å². The Bertz CT molecular complexity index is 604. The van der Waals surface area contributed by atoms with E-state index in [1.165, 1.54) is 0 Å². The molecule has 5 nitrogen and oxygen atoms in total. The molecule has 2 heterocycles. The lowest BCUT2D eigenvalue weighted by Gasteiger charge is -2.13. The van der Waals surface area contributed by atoms with Crippen molar-refractivity contribution in [2.45, 2.75) is 60.0 Å². The molecule has 0 aliphatic carbocycles. The monoisotopic (exact) mass is 289 g/mol. The van der Waals surface area contributed by atoms with Crippen molar-refractivity contribution in [3.05, 3.63) is 18.2 Å². The number of imidazole rings is 1. The summed E-state index contributed by atoms with van der Waals surface area (Å²) in [5.74, 6) is 2.68. The van der Waals surface area contributed by atoms with Crippen molar-refractivity contribution in [3.63, 3.8) is 0 Å². The predicted molar refractivity (Wildman–Crippen MR) is 87.2 cm³/mol. The molecule has 0 unspecified atom stereocenters. The van der Waals surface area contributed by atoms with Gasteiger partial charge >= 0.3 is 0 Å². The Hall–Kier alpha value is -1.78. The first-order valence-corrected chi connectivity index (χ1v) is 7.71. The molecule has 0 atom stereocenters. The van der Waals surface area contributed by atoms with E-state index in [0.717, 1.165) is 29.4 Å². The number of nitrogen functional groups attached to an aromatic ring is 1. The van der Waals surface area contributed by atoms with Crippen molar-refractivity contribution in [2.24, 2.45) is 5.92 Å². The van der Waals surface area contributed by atoms with Crippen LogP contribution >= 0.6 is 0 Å². The second-order valence-corrected chi connectivity index (χ2v) is 6.67. The maximum absolute atomic E-state index is 6.37. The van der Waals surface area contributed by atoms with Crippen LogP contribution in [0.15, 0.2) is 12.4 Å². The minimum atomic E-state index is 0.335. The molecule has 0 aliphatic heterocycles. The molecule has 21 heavy (non-hydrogen) atoms. The molecule has 0 bridgehead atoms. The standard InChI is InChI=1S/C16H27N5/c1-10(2)8-20-15(17)14(19-16(20)11(3)4)13-7-18-21(9-13)12(5)6/h7,9-12H,8,17H2,1-6H3.